The van der Waals surface area contributed by atoms with Crippen molar-refractivity contribution in [1.29, 1.82) is 0 Å². The Hall–Kier alpha value is 1.27. The predicted molar refractivity (Wildman–Crippen MR) is 51.5 cm³/mol. The molecule has 0 aliphatic heterocycles. The Kier molecular flexibility index (Phi) is 71.8. The summed E-state index contributed by atoms with van der Waals surface area (Å²) in [6, 6.07) is 0. The van der Waals surface area contributed by atoms with Crippen molar-refractivity contribution in [2.75, 3.05) is 0 Å². The molecule has 0 nitrogen and oxygen atoms in total. The van der Waals surface area contributed by atoms with Gasteiger partial charge in [-0.15, -0.1) is 6.42 Å². The van der Waals surface area contributed by atoms with Crippen LogP contribution in [0.1, 0.15) is 40.0 Å². The molecule has 0 amide bonds. The van der Waals surface area contributed by atoms with Crippen molar-refractivity contribution in [3.63, 3.8) is 0 Å². The largest absolute Gasteiger partial charge is 2.00 e. The molecule has 0 saturated heterocycles. The van der Waals surface area contributed by atoms with E-state index in [1.165, 1.54) is 6.42 Å². The van der Waals surface area contributed by atoms with Gasteiger partial charge in [0.1, 0.15) is 0 Å². The summed E-state index contributed by atoms with van der Waals surface area (Å²) in [5.41, 5.74) is 0. The van der Waals surface area contributed by atoms with Gasteiger partial charge in [0, 0.05) is 18.6 Å². The summed E-state index contributed by atoms with van der Waals surface area (Å²) in [5.74, 6) is 0.833. The SMILES string of the molecule is CC(C)C.[CH2-]CCC[CH2-].[CH3-].[V].[W+2]. The molecule has 0 atom stereocenters. The number of unbranched alkanes of at least 4 members (excludes halogenated alkanes) is 2. The summed E-state index contributed by atoms with van der Waals surface area (Å²) >= 11 is 0. The van der Waals surface area contributed by atoms with Crippen molar-refractivity contribution < 1.29 is 39.6 Å². The molecule has 0 saturated carbocycles. The molecule has 0 bridgehead atoms. The van der Waals surface area contributed by atoms with Crippen LogP contribution in [0.3, 0.4) is 0 Å². The van der Waals surface area contributed by atoms with E-state index in [-0.39, 0.29) is 47.0 Å². The quantitative estimate of drug-likeness (QED) is 0.639. The van der Waals surface area contributed by atoms with Crippen molar-refractivity contribution in [1.82, 2.24) is 0 Å². The van der Waals surface area contributed by atoms with E-state index in [0.717, 1.165) is 18.8 Å². The summed E-state index contributed by atoms with van der Waals surface area (Å²) < 4.78 is 0. The van der Waals surface area contributed by atoms with Crippen LogP contribution < -0.4 is 0 Å². The minimum atomic E-state index is 0. The van der Waals surface area contributed by atoms with Crippen LogP contribution in [-0.2, 0) is 39.6 Å². The molecular weight excluding hydrogens is 355 g/mol. The maximum absolute atomic E-state index is 3.64. The normalized spacial score (nSPS) is 6.50. The van der Waals surface area contributed by atoms with Gasteiger partial charge in [-0.05, 0) is 5.92 Å². The zero-order valence-corrected chi connectivity index (χ0v) is 13.3. The fourth-order valence-electron chi connectivity index (χ4n) is 0.177. The fraction of sp³-hybridized carbons (Fsp3) is 0.700. The van der Waals surface area contributed by atoms with Crippen LogP contribution in [0.2, 0.25) is 0 Å². The van der Waals surface area contributed by atoms with Crippen LogP contribution in [0.25, 0.3) is 0 Å². The van der Waals surface area contributed by atoms with Gasteiger partial charge in [0.2, 0.25) is 0 Å². The summed E-state index contributed by atoms with van der Waals surface area (Å²) in [7, 11) is 0. The molecule has 0 spiro atoms. The van der Waals surface area contributed by atoms with Crippen LogP contribution in [0, 0.1) is 27.2 Å². The van der Waals surface area contributed by atoms with Crippen molar-refractivity contribution >= 4 is 0 Å². The van der Waals surface area contributed by atoms with E-state index in [1.54, 1.807) is 0 Å². The van der Waals surface area contributed by atoms with Crippen molar-refractivity contribution in [2.24, 2.45) is 5.92 Å². The summed E-state index contributed by atoms with van der Waals surface area (Å²) in [5, 5.41) is 0. The van der Waals surface area contributed by atoms with Crippen LogP contribution in [0.15, 0.2) is 0 Å². The molecule has 0 rings (SSSR count). The molecule has 75 valence electrons. The average molecular weight is 378 g/mol. The zero-order chi connectivity index (χ0) is 7.70. The first-order chi connectivity index (χ1) is 4.15. The Morgan fingerprint density at radius 1 is 1.00 bits per heavy atom. The van der Waals surface area contributed by atoms with Gasteiger partial charge < -0.3 is 21.3 Å². The van der Waals surface area contributed by atoms with Crippen molar-refractivity contribution in [3.8, 4) is 0 Å². The van der Waals surface area contributed by atoms with Gasteiger partial charge in [0.05, 0.1) is 0 Å². The van der Waals surface area contributed by atoms with Gasteiger partial charge in [0.15, 0.2) is 0 Å². The van der Waals surface area contributed by atoms with Gasteiger partial charge in [-0.1, -0.05) is 20.8 Å². The Labute approximate surface area is 106 Å². The first-order valence-corrected chi connectivity index (χ1v) is 3.73. The van der Waals surface area contributed by atoms with E-state index in [4.69, 9.17) is 0 Å². The van der Waals surface area contributed by atoms with Gasteiger partial charge in [-0.25, -0.2) is 0 Å². The molecule has 0 aliphatic rings. The van der Waals surface area contributed by atoms with E-state index in [9.17, 15) is 0 Å². The third kappa shape index (κ3) is 111. The molecule has 0 aromatic carbocycles. The van der Waals surface area contributed by atoms with E-state index < -0.39 is 0 Å². The van der Waals surface area contributed by atoms with Crippen LogP contribution in [0.5, 0.6) is 0 Å². The molecule has 0 aromatic rings. The molecule has 0 heterocycles. The summed E-state index contributed by atoms with van der Waals surface area (Å²) in [6.07, 6.45) is 3.23. The minimum absolute atomic E-state index is 0. The fourth-order valence-corrected chi connectivity index (χ4v) is 0.177. The Balaban J connectivity index is -0.0000000221. The van der Waals surface area contributed by atoms with E-state index >= 15 is 0 Å². The number of hydrogen-bond donors (Lipinski definition) is 0. The van der Waals surface area contributed by atoms with Gasteiger partial charge in [-0.2, -0.15) is 12.8 Å². The van der Waals surface area contributed by atoms with Crippen LogP contribution in [0.4, 0.5) is 0 Å². The summed E-state index contributed by atoms with van der Waals surface area (Å²) in [4.78, 5) is 0. The molecular formula is C10H23VW-. The molecule has 0 N–H and O–H groups in total. The molecule has 12 heavy (non-hydrogen) atoms. The van der Waals surface area contributed by atoms with Gasteiger partial charge in [0.25, 0.3) is 0 Å². The van der Waals surface area contributed by atoms with E-state index in [2.05, 4.69) is 34.6 Å². The van der Waals surface area contributed by atoms with E-state index in [1.807, 2.05) is 0 Å². The standard InChI is InChI=1S/C5H10.C4H10.CH3.V.W/c1-3-5-4-2;1-4(2)3;;;/h1-5H2;4H,1-3H3;1H3;;/q-2;;-1;;+2. The third-order valence-electron chi connectivity index (χ3n) is 0.500. The van der Waals surface area contributed by atoms with Crippen molar-refractivity contribution in [2.45, 2.75) is 40.0 Å². The third-order valence-corrected chi connectivity index (χ3v) is 0.500. The smallest absolute Gasteiger partial charge is 0.358 e. The Morgan fingerprint density at radius 3 is 1.17 bits per heavy atom. The van der Waals surface area contributed by atoms with Crippen LogP contribution >= 0.6 is 0 Å². The van der Waals surface area contributed by atoms with Gasteiger partial charge in [-0.3, -0.25) is 0 Å². The molecule has 0 aliphatic carbocycles. The molecule has 0 fully saturated rings. The Morgan fingerprint density at radius 2 is 1.17 bits per heavy atom. The second-order valence-electron chi connectivity index (χ2n) is 2.79. The molecule has 1 radical (unpaired) electrons. The second-order valence-corrected chi connectivity index (χ2v) is 2.79. The van der Waals surface area contributed by atoms with Crippen LogP contribution in [-0.4, -0.2) is 0 Å². The zero-order valence-electron chi connectivity index (χ0n) is 8.97. The predicted octanol–water partition coefficient (Wildman–Crippen LogP) is 3.93. The first-order valence-electron chi connectivity index (χ1n) is 3.73. The molecule has 2 heteroatoms. The molecule has 0 aromatic heterocycles. The maximum atomic E-state index is 3.64. The van der Waals surface area contributed by atoms with Crippen molar-refractivity contribution in [3.05, 3.63) is 21.3 Å². The van der Waals surface area contributed by atoms with Gasteiger partial charge >= 0.3 is 21.1 Å². The van der Waals surface area contributed by atoms with E-state index in [0.29, 0.717) is 0 Å². The first kappa shape index (κ1) is 29.2. The average Bonchev–Trinajstić information content (AvgIpc) is 1.66. The Bertz CT molecular complexity index is 34.1. The summed E-state index contributed by atoms with van der Waals surface area (Å²) in [6.45, 7) is 13.8. The maximum Gasteiger partial charge on any atom is 2.00 e. The number of rotatable bonds is 2. The molecule has 0 unspecified atom stereocenters. The second kappa shape index (κ2) is 29.5. The minimum Gasteiger partial charge on any atom is -0.358 e. The monoisotopic (exact) mass is 378 g/mol. The number of hydrogen-bond acceptors (Lipinski definition) is 0. The topological polar surface area (TPSA) is 0 Å².